The Labute approximate surface area is 143 Å². The van der Waals surface area contributed by atoms with Gasteiger partial charge in [0.15, 0.2) is 6.10 Å². The van der Waals surface area contributed by atoms with Gasteiger partial charge >= 0.3 is 0 Å². The number of nitrogens with one attached hydrogen (secondary N) is 1. The van der Waals surface area contributed by atoms with E-state index in [4.69, 9.17) is 9.47 Å². The van der Waals surface area contributed by atoms with E-state index in [-0.39, 0.29) is 5.91 Å². The summed E-state index contributed by atoms with van der Waals surface area (Å²) in [6.45, 7) is 6.56. The molecule has 4 heteroatoms. The molecule has 1 N–H and O–H groups in total. The molecule has 1 amide bonds. The van der Waals surface area contributed by atoms with Gasteiger partial charge in [0.05, 0.1) is 6.61 Å². The van der Waals surface area contributed by atoms with Crippen molar-refractivity contribution in [2.24, 2.45) is 0 Å². The zero-order valence-electron chi connectivity index (χ0n) is 14.5. The Hall–Kier alpha value is -2.49. The highest BCUT2D eigenvalue weighted by atomic mass is 16.5. The first-order chi connectivity index (χ1) is 11.6. The zero-order chi connectivity index (χ0) is 17.4. The molecule has 0 saturated heterocycles. The molecular weight excluding hydrogens is 302 g/mol. The minimum Gasteiger partial charge on any atom is -0.494 e. The lowest BCUT2D eigenvalue weighted by Crippen LogP contribution is -2.30. The predicted octanol–water partition coefficient (Wildman–Crippen LogP) is 4.58. The number of hydrogen-bond acceptors (Lipinski definition) is 3. The summed E-state index contributed by atoms with van der Waals surface area (Å²) in [5.41, 5.74) is 1.82. The smallest absolute Gasteiger partial charge is 0.265 e. The number of ether oxygens (including phenoxy) is 2. The van der Waals surface area contributed by atoms with Gasteiger partial charge in [0.2, 0.25) is 0 Å². The summed E-state index contributed by atoms with van der Waals surface area (Å²) in [6, 6.07) is 15.0. The maximum absolute atomic E-state index is 12.2. The number of hydrogen-bond donors (Lipinski definition) is 1. The maximum Gasteiger partial charge on any atom is 0.265 e. The van der Waals surface area contributed by atoms with Crippen LogP contribution in [0.25, 0.3) is 0 Å². The van der Waals surface area contributed by atoms with Gasteiger partial charge in [-0.1, -0.05) is 25.5 Å². The fourth-order valence-electron chi connectivity index (χ4n) is 2.16. The van der Waals surface area contributed by atoms with Crippen molar-refractivity contribution in [3.8, 4) is 11.5 Å². The predicted molar refractivity (Wildman–Crippen MR) is 96.7 cm³/mol. The molecule has 24 heavy (non-hydrogen) atoms. The summed E-state index contributed by atoms with van der Waals surface area (Å²) >= 11 is 0. The number of aryl methyl sites for hydroxylation is 1. The van der Waals surface area contributed by atoms with E-state index in [1.54, 1.807) is 6.92 Å². The van der Waals surface area contributed by atoms with Gasteiger partial charge in [0, 0.05) is 5.69 Å². The normalized spacial score (nSPS) is 11.6. The lowest BCUT2D eigenvalue weighted by Gasteiger charge is -2.15. The molecule has 0 spiro atoms. The first-order valence-corrected chi connectivity index (χ1v) is 8.35. The van der Waals surface area contributed by atoms with E-state index >= 15 is 0 Å². The molecule has 2 rings (SSSR count). The Morgan fingerprint density at radius 2 is 1.88 bits per heavy atom. The number of carbonyl (C=O) groups is 1. The van der Waals surface area contributed by atoms with E-state index in [0.29, 0.717) is 12.4 Å². The molecule has 0 bridgehead atoms. The van der Waals surface area contributed by atoms with Crippen LogP contribution in [0.4, 0.5) is 5.69 Å². The Kier molecular flexibility index (Phi) is 6.67. The molecule has 0 aliphatic rings. The van der Waals surface area contributed by atoms with E-state index in [1.165, 1.54) is 0 Å². The van der Waals surface area contributed by atoms with Crippen LogP contribution in [0.1, 0.15) is 32.3 Å². The largest absolute Gasteiger partial charge is 0.494 e. The highest BCUT2D eigenvalue weighted by Gasteiger charge is 2.15. The number of rotatable bonds is 8. The number of unbranched alkanes of at least 4 members (excludes halogenated alkanes) is 1. The molecule has 0 aliphatic heterocycles. The fourth-order valence-corrected chi connectivity index (χ4v) is 2.16. The lowest BCUT2D eigenvalue weighted by molar-refractivity contribution is -0.122. The zero-order valence-corrected chi connectivity index (χ0v) is 14.5. The van der Waals surface area contributed by atoms with Crippen molar-refractivity contribution in [1.29, 1.82) is 0 Å². The third-order valence-corrected chi connectivity index (χ3v) is 3.56. The van der Waals surface area contributed by atoms with Crippen LogP contribution in [0.2, 0.25) is 0 Å². The molecular formula is C20H25NO3. The number of amides is 1. The first-order valence-electron chi connectivity index (χ1n) is 8.35. The van der Waals surface area contributed by atoms with Crippen LogP contribution >= 0.6 is 0 Å². The minimum absolute atomic E-state index is 0.184. The summed E-state index contributed by atoms with van der Waals surface area (Å²) in [5, 5.41) is 2.85. The Morgan fingerprint density at radius 1 is 1.12 bits per heavy atom. The van der Waals surface area contributed by atoms with Gasteiger partial charge in [0.1, 0.15) is 11.5 Å². The molecule has 0 heterocycles. The van der Waals surface area contributed by atoms with E-state index in [2.05, 4.69) is 12.2 Å². The molecule has 2 aromatic rings. The highest BCUT2D eigenvalue weighted by Crippen LogP contribution is 2.18. The van der Waals surface area contributed by atoms with Crippen LogP contribution in [0.5, 0.6) is 11.5 Å². The minimum atomic E-state index is -0.577. The van der Waals surface area contributed by atoms with Crippen LogP contribution in [-0.2, 0) is 4.79 Å². The van der Waals surface area contributed by atoms with Gasteiger partial charge in [-0.2, -0.15) is 0 Å². The van der Waals surface area contributed by atoms with Crippen LogP contribution in [-0.4, -0.2) is 18.6 Å². The Morgan fingerprint density at radius 3 is 2.54 bits per heavy atom. The second kappa shape index (κ2) is 8.96. The third-order valence-electron chi connectivity index (χ3n) is 3.56. The molecule has 128 valence electrons. The number of anilines is 1. The van der Waals surface area contributed by atoms with Crippen LogP contribution in [0, 0.1) is 6.92 Å². The van der Waals surface area contributed by atoms with Gasteiger partial charge in [-0.15, -0.1) is 0 Å². The maximum atomic E-state index is 12.2. The lowest BCUT2D eigenvalue weighted by atomic mass is 10.2. The Bertz CT molecular complexity index is 652. The van der Waals surface area contributed by atoms with Crippen molar-refractivity contribution in [3.05, 3.63) is 54.1 Å². The standard InChI is InChI=1S/C20H25NO3/c1-4-5-13-23-18-11-9-17(10-12-18)21-20(22)16(3)24-19-8-6-7-15(2)14-19/h6-12,14,16H,4-5,13H2,1-3H3,(H,21,22)/t16-/m1/s1. The number of benzene rings is 2. The van der Waals surface area contributed by atoms with Crippen molar-refractivity contribution in [2.75, 3.05) is 11.9 Å². The second-order valence-corrected chi connectivity index (χ2v) is 5.79. The molecule has 0 fully saturated rings. The Balaban J connectivity index is 1.86. The molecule has 2 aromatic carbocycles. The van der Waals surface area contributed by atoms with Crippen LogP contribution < -0.4 is 14.8 Å². The van der Waals surface area contributed by atoms with E-state index in [0.717, 1.165) is 29.8 Å². The van der Waals surface area contributed by atoms with E-state index < -0.39 is 6.10 Å². The molecule has 0 aromatic heterocycles. The van der Waals surface area contributed by atoms with Gasteiger partial charge < -0.3 is 14.8 Å². The van der Waals surface area contributed by atoms with Gasteiger partial charge in [0.25, 0.3) is 5.91 Å². The van der Waals surface area contributed by atoms with Crippen molar-refractivity contribution >= 4 is 11.6 Å². The molecule has 0 radical (unpaired) electrons. The summed E-state index contributed by atoms with van der Waals surface area (Å²) in [7, 11) is 0. The first kappa shape index (κ1) is 17.9. The third kappa shape index (κ3) is 5.61. The summed E-state index contributed by atoms with van der Waals surface area (Å²) in [6.07, 6.45) is 1.56. The summed E-state index contributed by atoms with van der Waals surface area (Å²) in [5.74, 6) is 1.32. The fraction of sp³-hybridized carbons (Fsp3) is 0.350. The van der Waals surface area contributed by atoms with E-state index in [9.17, 15) is 4.79 Å². The van der Waals surface area contributed by atoms with Crippen molar-refractivity contribution in [2.45, 2.75) is 39.7 Å². The summed E-state index contributed by atoms with van der Waals surface area (Å²) < 4.78 is 11.3. The SMILES string of the molecule is CCCCOc1ccc(NC(=O)[C@@H](C)Oc2cccc(C)c2)cc1. The van der Waals surface area contributed by atoms with Gasteiger partial charge in [-0.25, -0.2) is 0 Å². The summed E-state index contributed by atoms with van der Waals surface area (Å²) in [4.78, 5) is 12.2. The van der Waals surface area contributed by atoms with Crippen molar-refractivity contribution in [3.63, 3.8) is 0 Å². The monoisotopic (exact) mass is 327 g/mol. The molecule has 0 saturated carbocycles. The van der Waals surface area contributed by atoms with Crippen LogP contribution in [0.3, 0.4) is 0 Å². The van der Waals surface area contributed by atoms with Crippen LogP contribution in [0.15, 0.2) is 48.5 Å². The average Bonchev–Trinajstić information content (AvgIpc) is 2.56. The van der Waals surface area contributed by atoms with Crippen molar-refractivity contribution < 1.29 is 14.3 Å². The van der Waals surface area contributed by atoms with Gasteiger partial charge in [-0.3, -0.25) is 4.79 Å². The topological polar surface area (TPSA) is 47.6 Å². The van der Waals surface area contributed by atoms with Crippen molar-refractivity contribution in [1.82, 2.24) is 0 Å². The average molecular weight is 327 g/mol. The quantitative estimate of drug-likeness (QED) is 0.722. The van der Waals surface area contributed by atoms with Gasteiger partial charge in [-0.05, 0) is 62.2 Å². The molecule has 0 unspecified atom stereocenters. The van der Waals surface area contributed by atoms with E-state index in [1.807, 2.05) is 55.5 Å². The number of carbonyl (C=O) groups excluding carboxylic acids is 1. The molecule has 0 aliphatic carbocycles. The highest BCUT2D eigenvalue weighted by molar-refractivity contribution is 5.94. The molecule has 4 nitrogen and oxygen atoms in total. The molecule has 1 atom stereocenters. The second-order valence-electron chi connectivity index (χ2n) is 5.79.